The van der Waals surface area contributed by atoms with Crippen LogP contribution in [0.1, 0.15) is 47.3 Å². The summed E-state index contributed by atoms with van der Waals surface area (Å²) in [6.45, 7) is -1.63. The van der Waals surface area contributed by atoms with Gasteiger partial charge in [0, 0.05) is 15.6 Å². The van der Waals surface area contributed by atoms with Gasteiger partial charge in [-0.2, -0.15) is 0 Å². The van der Waals surface area contributed by atoms with E-state index in [1.165, 1.54) is 0 Å². The van der Waals surface area contributed by atoms with Gasteiger partial charge in [0.2, 0.25) is 6.29 Å². The summed E-state index contributed by atoms with van der Waals surface area (Å²) in [7, 11) is 0. The molecule has 1 aromatic rings. The molecule has 3 fully saturated rings. The molecule has 31 heavy (non-hydrogen) atoms. The van der Waals surface area contributed by atoms with Gasteiger partial charge in [0.1, 0.15) is 24.1 Å². The Morgan fingerprint density at radius 3 is 2.84 bits per heavy atom. The summed E-state index contributed by atoms with van der Waals surface area (Å²) in [5, 5.41) is 39.6. The van der Waals surface area contributed by atoms with Gasteiger partial charge in [0.25, 0.3) is 0 Å². The van der Waals surface area contributed by atoms with E-state index in [0.29, 0.717) is 18.7 Å². The lowest BCUT2D eigenvalue weighted by Gasteiger charge is -2.58. The molecule has 2 bridgehead atoms. The molecular weight excluding hydrogens is 402 g/mol. The lowest BCUT2D eigenvalue weighted by Crippen LogP contribution is -2.61. The number of aliphatic hydroxyl groups is 3. The zero-order chi connectivity index (χ0) is 24.4. The molecule has 5 rings (SSSR count). The zero-order valence-corrected chi connectivity index (χ0v) is 17.2. The molecular formula is C23H31NO7. The van der Waals surface area contributed by atoms with E-state index in [1.807, 2.05) is 12.1 Å². The summed E-state index contributed by atoms with van der Waals surface area (Å²) < 4.78 is 35.2. The maximum Gasteiger partial charge on any atom is 0.335 e. The van der Waals surface area contributed by atoms with Gasteiger partial charge in [-0.3, -0.25) is 0 Å². The molecule has 1 saturated carbocycles. The molecule has 2 aliphatic carbocycles. The molecule has 2 heterocycles. The standard InChI is InChI=1S/C23H31NO7/c1-24-9-8-23-7-3-2-4-14(23)16(24)10-12-5-6-13(11-15(12)23)30-22-19(27)17(25)18(26)20(31-22)21(28)29/h5-6,11,14,16-20,22,25-27H,2-4,7-10H2,1H3,(H,28,29)/t14-,16+,17+,18+,19-,20+,22-,23+/m1/s1/i1D3. The monoisotopic (exact) mass is 436 g/mol. The Hall–Kier alpha value is -1.71. The van der Waals surface area contributed by atoms with E-state index >= 15 is 0 Å². The van der Waals surface area contributed by atoms with Crippen LogP contribution in [0.25, 0.3) is 0 Å². The molecule has 0 radical (unpaired) electrons. The molecule has 4 aliphatic rings. The quantitative estimate of drug-likeness (QED) is 0.545. The first kappa shape index (κ1) is 17.8. The third-order valence-electron chi connectivity index (χ3n) is 7.87. The number of hydrogen-bond acceptors (Lipinski definition) is 7. The van der Waals surface area contributed by atoms with E-state index in [2.05, 4.69) is 0 Å². The van der Waals surface area contributed by atoms with Gasteiger partial charge in [-0.05, 0) is 68.4 Å². The number of carboxylic acids is 1. The molecule has 8 nitrogen and oxygen atoms in total. The Morgan fingerprint density at radius 2 is 2.06 bits per heavy atom. The first-order chi connectivity index (χ1) is 16.0. The number of benzene rings is 1. The highest BCUT2D eigenvalue weighted by Gasteiger charge is 2.53. The van der Waals surface area contributed by atoms with Gasteiger partial charge in [-0.25, -0.2) is 4.79 Å². The lowest BCUT2D eigenvalue weighted by atomic mass is 9.52. The molecule has 0 aromatic heterocycles. The SMILES string of the molecule is [2H]C([2H])([2H])N1CC[C@@]23CCCC[C@@H]2[C@@H]1Cc1ccc(O[C@@H]2O[C@H](C(=O)O)[C@@H](O)[C@H](O)[C@H]2O)cc13. The van der Waals surface area contributed by atoms with Crippen LogP contribution in [0.3, 0.4) is 0 Å². The predicted molar refractivity (Wildman–Crippen MR) is 110 cm³/mol. The Kier molecular flexibility index (Phi) is 4.42. The number of aliphatic carboxylic acids is 1. The Bertz CT molecular complexity index is 959. The van der Waals surface area contributed by atoms with Crippen molar-refractivity contribution in [2.75, 3.05) is 13.5 Å². The van der Waals surface area contributed by atoms with Gasteiger partial charge in [-0.15, -0.1) is 0 Å². The van der Waals surface area contributed by atoms with Crippen LogP contribution in [0.2, 0.25) is 0 Å². The van der Waals surface area contributed by atoms with Crippen LogP contribution in [0, 0.1) is 5.92 Å². The fourth-order valence-electron chi connectivity index (χ4n) is 6.34. The second-order valence-corrected chi connectivity index (χ2v) is 9.40. The van der Waals surface area contributed by atoms with Crippen LogP contribution in [-0.2, 0) is 21.4 Å². The number of fused-ring (bicyclic) bond motifs is 1. The lowest BCUT2D eigenvalue weighted by molar-refractivity contribution is -0.271. The van der Waals surface area contributed by atoms with Crippen molar-refractivity contribution < 1.29 is 38.8 Å². The van der Waals surface area contributed by atoms with Crippen molar-refractivity contribution in [3.63, 3.8) is 0 Å². The number of rotatable bonds is 3. The number of piperidine rings is 1. The smallest absolute Gasteiger partial charge is 0.335 e. The average Bonchev–Trinajstić information content (AvgIpc) is 2.78. The van der Waals surface area contributed by atoms with Crippen molar-refractivity contribution in [1.82, 2.24) is 4.90 Å². The highest BCUT2D eigenvalue weighted by atomic mass is 16.7. The number of likely N-dealkylation sites (N-methyl/N-ethyl adjacent to an activating group) is 1. The molecule has 170 valence electrons. The van der Waals surface area contributed by atoms with E-state index in [9.17, 15) is 25.2 Å². The van der Waals surface area contributed by atoms with Gasteiger partial charge >= 0.3 is 5.97 Å². The van der Waals surface area contributed by atoms with Gasteiger partial charge in [0.05, 0.1) is 0 Å². The summed E-state index contributed by atoms with van der Waals surface area (Å²) in [6, 6.07) is 5.45. The summed E-state index contributed by atoms with van der Waals surface area (Å²) in [5.74, 6) is -0.873. The maximum absolute atomic E-state index is 11.4. The molecule has 2 saturated heterocycles. The van der Waals surface area contributed by atoms with Gasteiger partial charge in [0.15, 0.2) is 6.10 Å². The molecule has 2 aliphatic heterocycles. The van der Waals surface area contributed by atoms with Crippen LogP contribution in [0.5, 0.6) is 5.75 Å². The van der Waals surface area contributed by atoms with Crippen molar-refractivity contribution in [1.29, 1.82) is 0 Å². The fourth-order valence-corrected chi connectivity index (χ4v) is 6.34. The van der Waals surface area contributed by atoms with Crippen molar-refractivity contribution >= 4 is 5.97 Å². The summed E-state index contributed by atoms with van der Waals surface area (Å²) >= 11 is 0. The second kappa shape index (κ2) is 7.71. The topological polar surface area (TPSA) is 120 Å². The highest BCUT2D eigenvalue weighted by molar-refractivity contribution is 5.73. The first-order valence-electron chi connectivity index (χ1n) is 12.5. The average molecular weight is 437 g/mol. The number of hydrogen-bond donors (Lipinski definition) is 4. The normalized spacial score (nSPS) is 44.2. The van der Waals surface area contributed by atoms with Crippen molar-refractivity contribution in [2.45, 2.75) is 80.7 Å². The largest absolute Gasteiger partial charge is 0.479 e. The number of nitrogens with zero attached hydrogens (tertiary/aromatic N) is 1. The molecule has 0 unspecified atom stereocenters. The Morgan fingerprint density at radius 1 is 1.23 bits per heavy atom. The number of carbonyl (C=O) groups is 1. The number of aliphatic hydroxyl groups excluding tert-OH is 3. The molecule has 8 atom stereocenters. The third kappa shape index (κ3) is 3.27. The van der Waals surface area contributed by atoms with E-state index in [4.69, 9.17) is 13.6 Å². The van der Waals surface area contributed by atoms with E-state index in [1.54, 1.807) is 11.0 Å². The highest BCUT2D eigenvalue weighted by Crippen LogP contribution is 2.56. The van der Waals surface area contributed by atoms with E-state index < -0.39 is 43.7 Å². The van der Waals surface area contributed by atoms with Gasteiger partial charge in [-0.1, -0.05) is 18.9 Å². The number of likely N-dealkylation sites (tertiary alicyclic amines) is 1. The van der Waals surface area contributed by atoms with Crippen LogP contribution in [-0.4, -0.2) is 81.6 Å². The number of carboxylic acid groups (broad SMARTS) is 1. The minimum atomic E-state index is -2.13. The second-order valence-electron chi connectivity index (χ2n) is 9.40. The molecule has 1 aromatic carbocycles. The minimum absolute atomic E-state index is 0.0442. The van der Waals surface area contributed by atoms with Crippen LogP contribution in [0.15, 0.2) is 18.2 Å². The molecule has 0 amide bonds. The van der Waals surface area contributed by atoms with Crippen LogP contribution in [0.4, 0.5) is 0 Å². The van der Waals surface area contributed by atoms with Crippen LogP contribution < -0.4 is 4.74 Å². The summed E-state index contributed by atoms with van der Waals surface area (Å²) in [5.41, 5.74) is 2.05. The van der Waals surface area contributed by atoms with Gasteiger partial charge < -0.3 is 34.8 Å². The maximum atomic E-state index is 11.4. The fraction of sp³-hybridized carbons (Fsp3) is 0.696. The zero-order valence-electron chi connectivity index (χ0n) is 20.2. The summed E-state index contributed by atoms with van der Waals surface area (Å²) in [6.07, 6.45) is -2.90. The van der Waals surface area contributed by atoms with Crippen molar-refractivity contribution in [3.05, 3.63) is 29.3 Å². The van der Waals surface area contributed by atoms with E-state index in [-0.39, 0.29) is 17.4 Å². The third-order valence-corrected chi connectivity index (χ3v) is 7.87. The number of ether oxygens (including phenoxy) is 2. The van der Waals surface area contributed by atoms with Crippen molar-refractivity contribution in [2.24, 2.45) is 5.92 Å². The molecule has 0 spiro atoms. The predicted octanol–water partition coefficient (Wildman–Crippen LogP) is 0.646. The minimum Gasteiger partial charge on any atom is -0.479 e. The van der Waals surface area contributed by atoms with Crippen LogP contribution >= 0.6 is 0 Å². The Balaban J connectivity index is 1.46. The Labute approximate surface area is 185 Å². The first-order valence-corrected chi connectivity index (χ1v) is 11.0. The van der Waals surface area contributed by atoms with E-state index in [0.717, 1.165) is 43.2 Å². The summed E-state index contributed by atoms with van der Waals surface area (Å²) in [4.78, 5) is 13.1. The molecule has 4 N–H and O–H groups in total. The van der Waals surface area contributed by atoms with Crippen molar-refractivity contribution in [3.8, 4) is 5.75 Å². The molecule has 8 heteroatoms.